The molecule has 0 bridgehead atoms. The molecule has 0 N–H and O–H groups in total. The van der Waals surface area contributed by atoms with Gasteiger partial charge in [-0.15, -0.1) is 23.5 Å². The van der Waals surface area contributed by atoms with E-state index in [1.165, 1.54) is 0 Å². The Hall–Kier alpha value is 0.110. The van der Waals surface area contributed by atoms with Crippen molar-refractivity contribution in [1.82, 2.24) is 0 Å². The summed E-state index contributed by atoms with van der Waals surface area (Å²) in [5.41, 5.74) is 0. The molecule has 0 radical (unpaired) electrons. The van der Waals surface area contributed by atoms with Crippen LogP contribution in [-0.4, -0.2) is 17.8 Å². The largest absolute Gasteiger partial charge is 0.295 e. The predicted molar refractivity (Wildman–Crippen MR) is 50.4 cm³/mol. The third kappa shape index (κ3) is 4.94. The van der Waals surface area contributed by atoms with Gasteiger partial charge in [0.15, 0.2) is 5.78 Å². The Kier molecular flexibility index (Phi) is 5.93. The summed E-state index contributed by atoms with van der Waals surface area (Å²) in [5, 5.41) is 0. The fraction of sp³-hybridized carbons (Fsp3) is 0.571. The average molecular weight is 176 g/mol. The lowest BCUT2D eigenvalue weighted by molar-refractivity contribution is -0.112. The summed E-state index contributed by atoms with van der Waals surface area (Å²) in [6, 6.07) is 0. The molecule has 0 saturated carbocycles. The minimum atomic E-state index is 0.130. The molecule has 0 fully saturated rings. The summed E-state index contributed by atoms with van der Waals surface area (Å²) in [7, 11) is 0. The van der Waals surface area contributed by atoms with Crippen LogP contribution in [0.2, 0.25) is 0 Å². The summed E-state index contributed by atoms with van der Waals surface area (Å²) in [5.74, 6) is 1.16. The van der Waals surface area contributed by atoms with Crippen molar-refractivity contribution in [2.24, 2.45) is 0 Å². The van der Waals surface area contributed by atoms with E-state index in [0.717, 1.165) is 9.99 Å². The summed E-state index contributed by atoms with van der Waals surface area (Å²) in [6.45, 7) is 3.65. The van der Waals surface area contributed by atoms with Crippen LogP contribution in [0, 0.1) is 0 Å². The van der Waals surface area contributed by atoms with Gasteiger partial charge in [0.1, 0.15) is 0 Å². The molecule has 0 aliphatic carbocycles. The van der Waals surface area contributed by atoms with Crippen LogP contribution in [0.4, 0.5) is 0 Å². The van der Waals surface area contributed by atoms with Crippen LogP contribution in [0.5, 0.6) is 0 Å². The molecule has 0 aliphatic heterocycles. The van der Waals surface area contributed by atoms with Crippen molar-refractivity contribution in [3.63, 3.8) is 0 Å². The van der Waals surface area contributed by atoms with Crippen LogP contribution in [0.3, 0.4) is 0 Å². The second kappa shape index (κ2) is 5.86. The van der Waals surface area contributed by atoms with Gasteiger partial charge in [-0.05, 0) is 18.9 Å². The number of carbonyl (C=O) groups is 1. The van der Waals surface area contributed by atoms with Crippen molar-refractivity contribution < 1.29 is 4.79 Å². The molecular weight excluding hydrogens is 164 g/mol. The fourth-order valence-corrected chi connectivity index (χ4v) is 2.11. The first-order valence-electron chi connectivity index (χ1n) is 3.09. The van der Waals surface area contributed by atoms with E-state index in [4.69, 9.17) is 0 Å². The molecular formula is C7H12OS2. The van der Waals surface area contributed by atoms with Gasteiger partial charge in [-0.25, -0.2) is 0 Å². The molecule has 0 spiro atoms. The van der Waals surface area contributed by atoms with E-state index in [0.29, 0.717) is 0 Å². The lowest BCUT2D eigenvalue weighted by Gasteiger charge is -1.97. The second-order valence-electron chi connectivity index (χ2n) is 1.71. The number of carbonyl (C=O) groups excluding carboxylic acids is 1. The minimum Gasteiger partial charge on any atom is -0.295 e. The molecule has 0 aliphatic rings. The first-order valence-corrected chi connectivity index (χ1v) is 5.30. The van der Waals surface area contributed by atoms with Crippen LogP contribution in [-0.2, 0) is 4.79 Å². The van der Waals surface area contributed by atoms with Gasteiger partial charge in [-0.2, -0.15) is 0 Å². The van der Waals surface area contributed by atoms with Crippen molar-refractivity contribution in [3.05, 3.63) is 10.3 Å². The lowest BCUT2D eigenvalue weighted by atomic mass is 10.5. The van der Waals surface area contributed by atoms with Crippen molar-refractivity contribution in [2.75, 3.05) is 12.0 Å². The third-order valence-corrected chi connectivity index (χ3v) is 2.87. The molecule has 0 aromatic rings. The molecule has 3 heteroatoms. The number of hydrogen-bond acceptors (Lipinski definition) is 3. The summed E-state index contributed by atoms with van der Waals surface area (Å²) in [4.78, 5) is 10.6. The Bertz CT molecular complexity index is 141. The topological polar surface area (TPSA) is 17.1 Å². The van der Waals surface area contributed by atoms with E-state index in [1.54, 1.807) is 36.5 Å². The maximum Gasteiger partial charge on any atom is 0.154 e. The number of thioether (sulfide) groups is 2. The van der Waals surface area contributed by atoms with E-state index in [1.807, 2.05) is 6.26 Å². The predicted octanol–water partition coefficient (Wildman–Crippen LogP) is 2.53. The first kappa shape index (κ1) is 10.1. The number of rotatable bonds is 4. The van der Waals surface area contributed by atoms with Gasteiger partial charge in [-0.3, -0.25) is 4.79 Å². The van der Waals surface area contributed by atoms with E-state index in [2.05, 4.69) is 6.92 Å². The zero-order valence-electron chi connectivity index (χ0n) is 6.51. The van der Waals surface area contributed by atoms with Gasteiger partial charge in [0.2, 0.25) is 0 Å². The van der Waals surface area contributed by atoms with Crippen LogP contribution in [0.25, 0.3) is 0 Å². The van der Waals surface area contributed by atoms with E-state index in [9.17, 15) is 4.79 Å². The van der Waals surface area contributed by atoms with Gasteiger partial charge < -0.3 is 0 Å². The van der Waals surface area contributed by atoms with E-state index >= 15 is 0 Å². The van der Waals surface area contributed by atoms with E-state index < -0.39 is 0 Å². The minimum absolute atomic E-state index is 0.130. The molecule has 0 aromatic heterocycles. The van der Waals surface area contributed by atoms with Gasteiger partial charge in [0, 0.05) is 10.3 Å². The maximum atomic E-state index is 10.6. The second-order valence-corrected chi connectivity index (χ2v) is 4.12. The molecule has 58 valence electrons. The first-order chi connectivity index (χ1) is 4.70. The molecule has 0 saturated heterocycles. The lowest BCUT2D eigenvalue weighted by Crippen LogP contribution is -1.82. The van der Waals surface area contributed by atoms with Crippen molar-refractivity contribution in [2.45, 2.75) is 13.8 Å². The Balaban J connectivity index is 3.91. The van der Waals surface area contributed by atoms with Crippen molar-refractivity contribution >= 4 is 29.3 Å². The van der Waals surface area contributed by atoms with Crippen molar-refractivity contribution in [1.29, 1.82) is 0 Å². The highest BCUT2D eigenvalue weighted by molar-refractivity contribution is 8.22. The molecule has 0 rings (SSSR count). The quantitative estimate of drug-likeness (QED) is 0.613. The normalized spacial score (nSPS) is 11.7. The molecule has 10 heavy (non-hydrogen) atoms. The third-order valence-electron chi connectivity index (χ3n) is 0.809. The van der Waals surface area contributed by atoms with Gasteiger partial charge in [-0.1, -0.05) is 6.92 Å². The van der Waals surface area contributed by atoms with Gasteiger partial charge in [0.25, 0.3) is 0 Å². The maximum absolute atomic E-state index is 10.6. The Morgan fingerprint density at radius 1 is 1.60 bits per heavy atom. The van der Waals surface area contributed by atoms with Crippen LogP contribution >= 0.6 is 23.5 Å². The van der Waals surface area contributed by atoms with Crippen LogP contribution in [0.1, 0.15) is 13.8 Å². The zero-order valence-corrected chi connectivity index (χ0v) is 8.14. The highest BCUT2D eigenvalue weighted by atomic mass is 32.2. The number of ketones is 1. The standard InChI is InChI=1S/C7H12OS2/c1-4-10-7(9-3)5-6(2)8/h5H,4H2,1-3H3/b7-5+. The molecule has 0 aromatic carbocycles. The van der Waals surface area contributed by atoms with Gasteiger partial charge >= 0.3 is 0 Å². The zero-order chi connectivity index (χ0) is 7.98. The smallest absolute Gasteiger partial charge is 0.154 e. The highest BCUT2D eigenvalue weighted by Crippen LogP contribution is 2.25. The molecule has 0 amide bonds. The molecule has 0 atom stereocenters. The average Bonchev–Trinajstić information content (AvgIpc) is 1.86. The molecule has 1 nitrogen and oxygen atoms in total. The van der Waals surface area contributed by atoms with Gasteiger partial charge in [0.05, 0.1) is 0 Å². The Morgan fingerprint density at radius 2 is 2.20 bits per heavy atom. The molecule has 0 unspecified atom stereocenters. The van der Waals surface area contributed by atoms with Crippen LogP contribution < -0.4 is 0 Å². The molecule has 0 heterocycles. The highest BCUT2D eigenvalue weighted by Gasteiger charge is 1.94. The Labute approximate surface area is 70.6 Å². The van der Waals surface area contributed by atoms with Crippen molar-refractivity contribution in [3.8, 4) is 0 Å². The summed E-state index contributed by atoms with van der Waals surface area (Å²) in [6.07, 6.45) is 3.66. The fourth-order valence-electron chi connectivity index (χ4n) is 0.468. The monoisotopic (exact) mass is 176 g/mol. The van der Waals surface area contributed by atoms with Crippen LogP contribution in [0.15, 0.2) is 10.3 Å². The summed E-state index contributed by atoms with van der Waals surface area (Å²) < 4.78 is 1.11. The Morgan fingerprint density at radius 3 is 2.50 bits per heavy atom. The van der Waals surface area contributed by atoms with E-state index in [-0.39, 0.29) is 5.78 Å². The number of hydrogen-bond donors (Lipinski definition) is 0. The summed E-state index contributed by atoms with van der Waals surface area (Å²) >= 11 is 3.33. The number of allylic oxidation sites excluding steroid dienone is 1. The SMILES string of the molecule is CCS/C(=C/C(C)=O)SC.